The van der Waals surface area contributed by atoms with Crippen LogP contribution in [0.5, 0.6) is 0 Å². The minimum Gasteiger partial charge on any atom is -0.324 e. The predicted octanol–water partition coefficient (Wildman–Crippen LogP) is 12.5. The van der Waals surface area contributed by atoms with Gasteiger partial charge in [-0.1, -0.05) is 164 Å². The van der Waals surface area contributed by atoms with E-state index in [-0.39, 0.29) is 46.5 Å². The summed E-state index contributed by atoms with van der Waals surface area (Å²) in [5.41, 5.74) is 9.95. The average molecular weight is 910 g/mol. The molecule has 2 atom stereocenters. The molecular weight excluding hydrogens is 837 g/mol. The number of rotatable bonds is 7. The zero-order chi connectivity index (χ0) is 43.4. The van der Waals surface area contributed by atoms with Crippen LogP contribution in [0.2, 0.25) is 0 Å². The molecule has 340 valence electrons. The van der Waals surface area contributed by atoms with Crippen LogP contribution in [-0.2, 0) is 0 Å². The highest BCUT2D eigenvalue weighted by atomic mass is 32.1. The summed E-state index contributed by atoms with van der Waals surface area (Å²) in [6.45, 7) is 14.3. The Bertz CT molecular complexity index is 2360. The maximum Gasteiger partial charge on any atom is 0.197 e. The second-order valence-corrected chi connectivity index (χ2v) is 12.2. The van der Waals surface area contributed by atoms with E-state index in [0.717, 1.165) is 50.9 Å². The molecule has 6 aromatic carbocycles. The van der Waals surface area contributed by atoms with Crippen LogP contribution in [0.1, 0.15) is 75.4 Å². The van der Waals surface area contributed by atoms with Crippen molar-refractivity contribution in [2.45, 2.75) is 55.9 Å². The lowest BCUT2D eigenvalue weighted by molar-refractivity contribution is 0.0953. The summed E-state index contributed by atoms with van der Waals surface area (Å²) in [4.78, 5) is 24.5. The summed E-state index contributed by atoms with van der Waals surface area (Å²) in [6, 6.07) is 53.2. The van der Waals surface area contributed by atoms with Gasteiger partial charge in [-0.15, -0.1) is 0 Å². The fourth-order valence-corrected chi connectivity index (χ4v) is 5.40. The summed E-state index contributed by atoms with van der Waals surface area (Å²) >= 11 is 0. The quantitative estimate of drug-likeness (QED) is 0.0538. The number of nitrogens with zero attached hydrogens (tertiary/aromatic N) is 5. The molecule has 3 N–H and O–H groups in total. The lowest BCUT2D eigenvalue weighted by Crippen LogP contribution is -2.22. The SMILES string of the molecule is C.CC.CC.CC.CN(C)CC(=O)c1nn(-c2ccccc2)c2ccccc12.Cc1ccccc1C=O.NNc1ccccc1.P.P.S.c1ccc(-n2ncc3ccccc32)cc1. The Hall–Kier alpha value is -5.47. The summed E-state index contributed by atoms with van der Waals surface area (Å²) in [6.07, 6.45) is 2.76. The molecule has 0 radical (unpaired) electrons. The molecule has 0 amide bonds. The summed E-state index contributed by atoms with van der Waals surface area (Å²) in [7, 11) is 3.77. The van der Waals surface area contributed by atoms with Crippen LogP contribution in [0, 0.1) is 6.92 Å². The van der Waals surface area contributed by atoms with Crippen LogP contribution < -0.4 is 11.3 Å². The van der Waals surface area contributed by atoms with E-state index in [4.69, 9.17) is 5.84 Å². The number of fused-ring (bicyclic) bond motifs is 2. The average Bonchev–Trinajstić information content (AvgIpc) is 3.93. The number of nitrogens with two attached hydrogens (primary N) is 1. The van der Waals surface area contributed by atoms with Crippen molar-refractivity contribution in [3.05, 3.63) is 187 Å². The molecule has 63 heavy (non-hydrogen) atoms. The minimum atomic E-state index is 0. The fourth-order valence-electron chi connectivity index (χ4n) is 5.40. The third-order valence-corrected chi connectivity index (χ3v) is 8.05. The van der Waals surface area contributed by atoms with Crippen molar-refractivity contribution < 1.29 is 9.59 Å². The monoisotopic (exact) mass is 910 g/mol. The lowest BCUT2D eigenvalue weighted by Gasteiger charge is -2.06. The standard InChI is InChI=1S/C17H17N3O.C13H10N2.C8H8O.C6H8N2.3C2H6.CH4.2H3P.H2S/c1-19(2)12-16(21)17-14-10-6-7-11-15(14)20(18-17)13-8-4-3-5-9-13;1-2-7-12(8-3-1)15-13-9-5-4-6-11(13)10-14-15;1-7-4-2-3-5-8(7)6-9;7-8-6-4-2-1-3-5-6;3*1-2;;;;/h3-11H,12H2,1-2H3;1-10H;2-6H,1H3;1-5,8H,7H2;3*1-2H3;1H4;2*1H3;1H2. The number of ketones is 1. The number of hydrogen-bond donors (Lipinski definition) is 2. The second-order valence-electron chi connectivity index (χ2n) is 12.2. The van der Waals surface area contributed by atoms with Gasteiger partial charge in [0.2, 0.25) is 0 Å². The van der Waals surface area contributed by atoms with Crippen LogP contribution in [-0.4, -0.2) is 57.2 Å². The molecule has 0 bridgehead atoms. The molecule has 0 aliphatic heterocycles. The van der Waals surface area contributed by atoms with Crippen molar-refractivity contribution in [1.29, 1.82) is 0 Å². The normalized spacial score (nSPS) is 8.94. The number of benzene rings is 6. The molecule has 12 heteroatoms. The van der Waals surface area contributed by atoms with Crippen LogP contribution >= 0.6 is 33.3 Å². The Morgan fingerprint density at radius 1 is 0.635 bits per heavy atom. The third kappa shape index (κ3) is 19.6. The van der Waals surface area contributed by atoms with E-state index in [2.05, 4.69) is 39.9 Å². The first-order valence-corrected chi connectivity index (χ1v) is 20.1. The van der Waals surface area contributed by atoms with Crippen molar-refractivity contribution in [2.75, 3.05) is 26.1 Å². The molecule has 2 aromatic heterocycles. The number of likely N-dealkylation sites (N-methyl/N-ethyl adjacent to an activating group) is 1. The van der Waals surface area contributed by atoms with Gasteiger partial charge in [0.05, 0.1) is 35.1 Å². The maximum absolute atomic E-state index is 12.4. The van der Waals surface area contributed by atoms with E-state index in [1.54, 1.807) is 0 Å². The number of Topliss-reactive ketones (excluding diaryl/α,β-unsaturated/α-hetero) is 1. The minimum absolute atomic E-state index is 0. The number of anilines is 1. The van der Waals surface area contributed by atoms with Crippen molar-refractivity contribution in [3.8, 4) is 11.4 Å². The number of hydrazine groups is 1. The number of carbonyl (C=O) groups excluding carboxylic acids is 2. The van der Waals surface area contributed by atoms with Gasteiger partial charge in [-0.3, -0.25) is 15.4 Å². The van der Waals surface area contributed by atoms with Crippen molar-refractivity contribution in [1.82, 2.24) is 24.5 Å². The van der Waals surface area contributed by atoms with Gasteiger partial charge in [-0.2, -0.15) is 43.5 Å². The molecule has 0 saturated carbocycles. The number of nitrogens with one attached hydrogen (secondary N) is 1. The van der Waals surface area contributed by atoms with Crippen LogP contribution in [0.15, 0.2) is 170 Å². The Balaban J connectivity index is -0.000000758. The highest BCUT2D eigenvalue weighted by Gasteiger charge is 2.18. The van der Waals surface area contributed by atoms with Crippen LogP contribution in [0.3, 0.4) is 0 Å². The second kappa shape index (κ2) is 36.1. The van der Waals surface area contributed by atoms with Gasteiger partial charge < -0.3 is 10.3 Å². The number of aryl methyl sites for hydroxylation is 1. The summed E-state index contributed by atoms with van der Waals surface area (Å²) in [5, 5.41) is 11.0. The van der Waals surface area contributed by atoms with Crippen LogP contribution in [0.4, 0.5) is 5.69 Å². The molecule has 0 saturated heterocycles. The van der Waals surface area contributed by atoms with Gasteiger partial charge >= 0.3 is 0 Å². The van der Waals surface area contributed by atoms with Gasteiger partial charge in [0.1, 0.15) is 12.0 Å². The molecule has 0 aliphatic carbocycles. The van der Waals surface area contributed by atoms with E-state index in [1.807, 2.05) is 223 Å². The van der Waals surface area contributed by atoms with E-state index < -0.39 is 0 Å². The van der Waals surface area contributed by atoms with Crippen molar-refractivity contribution >= 4 is 72.9 Å². The van der Waals surface area contributed by atoms with E-state index >= 15 is 0 Å². The van der Waals surface area contributed by atoms with Gasteiger partial charge in [-0.25, -0.2) is 9.36 Å². The van der Waals surface area contributed by atoms with Gasteiger partial charge in [0, 0.05) is 22.0 Å². The Morgan fingerprint density at radius 2 is 1.08 bits per heavy atom. The zero-order valence-electron chi connectivity index (χ0n) is 38.0. The highest BCUT2D eigenvalue weighted by Crippen LogP contribution is 2.22. The third-order valence-electron chi connectivity index (χ3n) is 8.05. The maximum atomic E-state index is 12.4. The Kier molecular flexibility index (Phi) is 35.4. The number of para-hydroxylation sites is 5. The van der Waals surface area contributed by atoms with Crippen LogP contribution in [0.25, 0.3) is 33.2 Å². The van der Waals surface area contributed by atoms with E-state index in [9.17, 15) is 9.59 Å². The van der Waals surface area contributed by atoms with Gasteiger partial charge in [0.15, 0.2) is 5.78 Å². The number of carbonyl (C=O) groups is 2. The lowest BCUT2D eigenvalue weighted by atomic mass is 10.1. The first-order chi connectivity index (χ1) is 28.9. The van der Waals surface area contributed by atoms with Gasteiger partial charge in [-0.05, 0) is 75.1 Å². The largest absolute Gasteiger partial charge is 0.324 e. The Labute approximate surface area is 391 Å². The summed E-state index contributed by atoms with van der Waals surface area (Å²) in [5.74, 6) is 5.13. The van der Waals surface area contributed by atoms with E-state index in [1.165, 1.54) is 5.39 Å². The molecule has 2 heterocycles. The molecule has 8 rings (SSSR count). The molecule has 2 unspecified atom stereocenters. The Morgan fingerprint density at radius 3 is 1.56 bits per heavy atom. The van der Waals surface area contributed by atoms with Gasteiger partial charge in [0.25, 0.3) is 0 Å². The molecular formula is C51H73N7O2P2S. The highest BCUT2D eigenvalue weighted by molar-refractivity contribution is 7.59. The topological polar surface area (TPSA) is 111 Å². The van der Waals surface area contributed by atoms with Crippen molar-refractivity contribution in [3.63, 3.8) is 0 Å². The smallest absolute Gasteiger partial charge is 0.197 e. The molecule has 0 fully saturated rings. The molecule has 8 aromatic rings. The molecule has 0 aliphatic rings. The number of nitrogen functional groups attached to an aromatic ring is 1. The van der Waals surface area contributed by atoms with Crippen molar-refractivity contribution in [2.24, 2.45) is 5.84 Å². The zero-order valence-corrected chi connectivity index (χ0v) is 41.8. The fraction of sp³-hybridized carbons (Fsp3) is 0.216. The first-order valence-electron chi connectivity index (χ1n) is 20.1. The van der Waals surface area contributed by atoms with E-state index in [0.29, 0.717) is 12.2 Å². The number of aromatic nitrogens is 4. The number of aldehydes is 1. The summed E-state index contributed by atoms with van der Waals surface area (Å²) < 4.78 is 3.79. The molecule has 0 spiro atoms. The first kappa shape index (κ1) is 61.8. The number of hydrogen-bond acceptors (Lipinski definition) is 7. The molecule has 9 nitrogen and oxygen atoms in total. The predicted molar refractivity (Wildman–Crippen MR) is 289 cm³/mol.